The van der Waals surface area contributed by atoms with Crippen LogP contribution in [0.1, 0.15) is 180 Å². The summed E-state index contributed by atoms with van der Waals surface area (Å²) < 4.78 is 0. The highest BCUT2D eigenvalue weighted by atomic mass is 28.3. The van der Waals surface area contributed by atoms with Crippen LogP contribution in [0.2, 0.25) is 20.2 Å². The summed E-state index contributed by atoms with van der Waals surface area (Å²) in [6, 6.07) is 144. The molecule has 124 heavy (non-hydrogen) atoms. The van der Waals surface area contributed by atoms with Gasteiger partial charge in [0.2, 0.25) is 0 Å². The Morgan fingerprint density at radius 2 is 0.347 bits per heavy atom. The molecule has 0 saturated heterocycles. The second kappa shape index (κ2) is 27.5. The molecule has 24 rings (SSSR count). The van der Waals surface area contributed by atoms with E-state index in [2.05, 4.69) is 407 Å². The van der Waals surface area contributed by atoms with E-state index in [9.17, 15) is 0 Å². The maximum absolute atomic E-state index is 2.81. The van der Waals surface area contributed by atoms with Gasteiger partial charge in [0.15, 0.2) is 32.3 Å². The first kappa shape index (κ1) is 77.0. The number of fused-ring (bicyclic) bond motifs is 12. The van der Waals surface area contributed by atoms with Crippen molar-refractivity contribution in [2.24, 2.45) is 0 Å². The van der Waals surface area contributed by atoms with E-state index in [1.807, 2.05) is 0 Å². The Morgan fingerprint density at radius 1 is 0.177 bits per heavy atom. The van der Waals surface area contributed by atoms with E-state index in [4.69, 9.17) is 0 Å². The normalized spacial score (nSPS) is 26.9. The number of rotatable bonds is 12. The molecule has 16 aromatic carbocycles. The molecule has 4 fully saturated rings. The van der Waals surface area contributed by atoms with E-state index in [-0.39, 0.29) is 41.8 Å². The number of hydrogen-bond acceptors (Lipinski definition) is 0. The van der Waals surface area contributed by atoms with Gasteiger partial charge in [-0.1, -0.05) is 446 Å². The number of hydrogen-bond donors (Lipinski definition) is 0. The van der Waals surface area contributed by atoms with Crippen LogP contribution in [0.5, 0.6) is 0 Å². The molecule has 0 radical (unpaired) electrons. The lowest BCUT2D eigenvalue weighted by Crippen LogP contribution is -2.72. The van der Waals surface area contributed by atoms with E-state index < -0.39 is 32.3 Å². The van der Waals surface area contributed by atoms with Gasteiger partial charge in [0.25, 0.3) is 0 Å². The van der Waals surface area contributed by atoms with Crippen molar-refractivity contribution in [1.29, 1.82) is 0 Å². The fraction of sp³-hybridized carbons (Fsp3) is 0.267. The van der Waals surface area contributed by atoms with Crippen LogP contribution < -0.4 is 62.2 Å². The first-order chi connectivity index (χ1) is 60.4. The lowest BCUT2D eigenvalue weighted by molar-refractivity contribution is 0.241. The molecule has 8 atom stereocenters. The van der Waals surface area contributed by atoms with Gasteiger partial charge in [-0.2, -0.15) is 0 Å². The molecule has 4 aliphatic heterocycles. The molecule has 16 aromatic rings. The molecular formula is C120H114Si4. The molecule has 8 aliphatic rings. The Bertz CT molecular complexity index is 5960. The first-order valence-corrected chi connectivity index (χ1v) is 55.3. The van der Waals surface area contributed by atoms with Gasteiger partial charge in [-0.3, -0.25) is 0 Å². The van der Waals surface area contributed by atoms with Gasteiger partial charge in [-0.05, 0) is 267 Å². The van der Waals surface area contributed by atoms with Crippen molar-refractivity contribution < 1.29 is 0 Å². The summed E-state index contributed by atoms with van der Waals surface area (Å²) in [5.41, 5.74) is 16.8. The van der Waals surface area contributed by atoms with Gasteiger partial charge in [-0.25, -0.2) is 0 Å². The molecule has 4 saturated carbocycles. The van der Waals surface area contributed by atoms with Crippen molar-refractivity contribution in [3.8, 4) is 44.5 Å². The average molecular weight is 1670 g/mol. The molecular weight excluding hydrogens is 1550 g/mol. The summed E-state index contributed by atoms with van der Waals surface area (Å²) in [5.74, 6) is 0. The average Bonchev–Trinajstić information content (AvgIpc) is 1.51. The van der Waals surface area contributed by atoms with Crippen LogP contribution in [-0.2, 0) is 21.7 Å². The SMILES string of the molecule is CC12CCCCC1(C)[Si](c1ccccc1)(c1ccccc1)c1ccc(-c3cc(-c4ccc5c(c4)C4(C)CCCCC4(C)[Si]5(c4ccccc4)c4ccccc4)c4ccc5c(-c6ccc7c(c6)C6(C)CCCCC6(C)[Si]7(c6ccccc6)c6ccccc6)cc(-c6ccc7c(c6)C6(C)CCCCC6(C)[Si]7(c6ccccc6)c6ccccc6)c6ccc3c4c65)cc12. The van der Waals surface area contributed by atoms with Crippen LogP contribution in [0.25, 0.3) is 76.8 Å². The van der Waals surface area contributed by atoms with Gasteiger partial charge < -0.3 is 0 Å². The van der Waals surface area contributed by atoms with Gasteiger partial charge in [0.05, 0.1) is 0 Å². The van der Waals surface area contributed by atoms with E-state index in [0.29, 0.717) is 0 Å². The summed E-state index contributed by atoms with van der Waals surface area (Å²) in [6.45, 7) is 22.0. The molecule has 0 spiro atoms. The summed E-state index contributed by atoms with van der Waals surface area (Å²) in [7, 11) is -11.1. The Kier molecular flexibility index (Phi) is 17.1. The molecule has 4 aliphatic carbocycles. The predicted molar refractivity (Wildman–Crippen MR) is 539 cm³/mol. The molecule has 610 valence electrons. The van der Waals surface area contributed by atoms with Crippen molar-refractivity contribution >= 4 is 127 Å². The Balaban J connectivity index is 0.822. The molecule has 4 heteroatoms. The number of benzene rings is 16. The molecule has 0 bridgehead atoms. The Labute approximate surface area is 739 Å². The third kappa shape index (κ3) is 9.44. The predicted octanol–water partition coefficient (Wildman–Crippen LogP) is 23.6. The summed E-state index contributed by atoms with van der Waals surface area (Å²) in [5, 5.41) is 27.1. The minimum absolute atomic E-state index is 0.0173. The Hall–Kier alpha value is -10.6. The first-order valence-electron chi connectivity index (χ1n) is 47.3. The maximum atomic E-state index is 2.81. The third-order valence-corrected chi connectivity index (χ3v) is 61.9. The molecule has 0 N–H and O–H groups in total. The molecule has 0 nitrogen and oxygen atoms in total. The smallest absolute Gasteiger partial charge is 0.0624 e. The molecule has 0 amide bonds. The van der Waals surface area contributed by atoms with Crippen LogP contribution in [0.15, 0.2) is 352 Å². The maximum Gasteiger partial charge on any atom is 0.155 e. The summed E-state index contributed by atoms with van der Waals surface area (Å²) in [4.78, 5) is 0. The minimum Gasteiger partial charge on any atom is -0.0624 e. The zero-order valence-electron chi connectivity index (χ0n) is 73.8. The van der Waals surface area contributed by atoms with Crippen LogP contribution in [0.3, 0.4) is 0 Å². The highest BCUT2D eigenvalue weighted by Crippen LogP contribution is 2.71. The van der Waals surface area contributed by atoms with Crippen LogP contribution in [0.4, 0.5) is 0 Å². The minimum atomic E-state index is -2.76. The molecule has 0 aromatic heterocycles. The zero-order chi connectivity index (χ0) is 83.6. The van der Waals surface area contributed by atoms with Crippen molar-refractivity contribution in [1.82, 2.24) is 0 Å². The van der Waals surface area contributed by atoms with E-state index >= 15 is 0 Å². The van der Waals surface area contributed by atoms with Crippen LogP contribution >= 0.6 is 0 Å². The Morgan fingerprint density at radius 3 is 0.524 bits per heavy atom. The lowest BCUT2D eigenvalue weighted by Gasteiger charge is -2.54. The highest BCUT2D eigenvalue weighted by Gasteiger charge is 2.73. The van der Waals surface area contributed by atoms with Gasteiger partial charge >= 0.3 is 0 Å². The van der Waals surface area contributed by atoms with Gasteiger partial charge in [0.1, 0.15) is 0 Å². The lowest BCUT2D eigenvalue weighted by atomic mass is 9.63. The quantitative estimate of drug-likeness (QED) is 0.0845. The van der Waals surface area contributed by atoms with E-state index in [1.54, 1.807) is 84.5 Å². The summed E-state index contributed by atoms with van der Waals surface area (Å²) in [6.07, 6.45) is 19.5. The summed E-state index contributed by atoms with van der Waals surface area (Å²) >= 11 is 0. The highest BCUT2D eigenvalue weighted by molar-refractivity contribution is 7.17. The van der Waals surface area contributed by atoms with Crippen molar-refractivity contribution in [2.45, 2.75) is 200 Å². The molecule has 4 heterocycles. The standard InChI is InChI=1S/C120H114Si4/c1-113-69-33-37-73-117(113,5)121(87-41-17-9-18-42-87,88-43-19-10-20-44-88)107-65-57-83(77-103(107)113)99-81-100(84-58-66-108-104(78-84)114(2)70-34-38-74-118(114,6)122(108,89-45-21-11-22-46-89)90-47-23-12-24-48-90)96-63-64-98-102(86-60-68-110-106(80-86)116(4)72-36-40-76-120(116,8)124(110,93-53-29-15-30-54-93)94-55-31-16-32-56-94)82-101(97-62-61-95(99)111(96)112(97)98)85-59-67-109-105(79-85)115(3)71-35-39-75-119(115,7)123(109,91-49-25-13-26-50-91)92-51-27-14-28-52-92/h9-32,41-68,77-82H,33-40,69-76H2,1-8H3. The monoisotopic (exact) mass is 1670 g/mol. The van der Waals surface area contributed by atoms with E-state index in [0.717, 1.165) is 0 Å². The van der Waals surface area contributed by atoms with E-state index in [1.165, 1.54) is 180 Å². The third-order valence-electron chi connectivity index (χ3n) is 37.5. The second-order valence-corrected chi connectivity index (χ2v) is 58.7. The van der Waals surface area contributed by atoms with Crippen LogP contribution in [-0.4, -0.2) is 32.3 Å². The van der Waals surface area contributed by atoms with Crippen molar-refractivity contribution in [3.63, 3.8) is 0 Å². The topological polar surface area (TPSA) is 0 Å². The largest absolute Gasteiger partial charge is 0.155 e. The van der Waals surface area contributed by atoms with Crippen molar-refractivity contribution in [3.05, 3.63) is 374 Å². The second-order valence-electron chi connectivity index (χ2n) is 41.5. The van der Waals surface area contributed by atoms with Gasteiger partial charge in [0, 0.05) is 0 Å². The zero-order valence-corrected chi connectivity index (χ0v) is 77.8. The van der Waals surface area contributed by atoms with Crippen molar-refractivity contribution in [2.75, 3.05) is 0 Å². The fourth-order valence-corrected chi connectivity index (χ4v) is 59.0. The van der Waals surface area contributed by atoms with Crippen LogP contribution in [0, 0.1) is 0 Å². The fourth-order valence-electron chi connectivity index (χ4n) is 31.3. The van der Waals surface area contributed by atoms with Gasteiger partial charge in [-0.15, -0.1) is 0 Å². The molecule has 8 unspecified atom stereocenters.